The molecule has 1 heterocycles. The number of nitrogens with zero attached hydrogens (tertiary/aromatic N) is 2. The highest BCUT2D eigenvalue weighted by molar-refractivity contribution is 5.26. The summed E-state index contributed by atoms with van der Waals surface area (Å²) in [4.78, 5) is 8.93. The summed E-state index contributed by atoms with van der Waals surface area (Å²) in [5.74, 6) is 0.510. The number of aryl methyl sites for hydroxylation is 1. The van der Waals surface area contributed by atoms with E-state index in [0.717, 1.165) is 41.9 Å². The zero-order valence-electron chi connectivity index (χ0n) is 10.6. The summed E-state index contributed by atoms with van der Waals surface area (Å²) in [5.41, 5.74) is 9.05. The predicted molar refractivity (Wildman–Crippen MR) is 71.1 cm³/mol. The smallest absolute Gasteiger partial charge is 0.132 e. The number of benzene rings is 1. The molecule has 0 radical (unpaired) electrons. The monoisotopic (exact) mass is 257 g/mol. The number of hydrogen-bond donors (Lipinski definition) is 1. The number of fused-ring (bicyclic) bond motifs is 1. The lowest BCUT2D eigenvalue weighted by molar-refractivity contribution is 0.553. The van der Waals surface area contributed by atoms with Crippen molar-refractivity contribution in [2.45, 2.75) is 31.7 Å². The van der Waals surface area contributed by atoms with Crippen LogP contribution in [0.25, 0.3) is 0 Å². The van der Waals surface area contributed by atoms with E-state index in [1.54, 1.807) is 6.07 Å². The first-order valence-corrected chi connectivity index (χ1v) is 6.57. The second-order valence-electron chi connectivity index (χ2n) is 4.99. The fraction of sp³-hybridized carbons (Fsp3) is 0.333. The SMILES string of the molecule is NC1CCCc2nc(Cc3cccc(F)c3)ncc21. The molecule has 1 aliphatic rings. The van der Waals surface area contributed by atoms with Gasteiger partial charge in [0.15, 0.2) is 0 Å². The minimum atomic E-state index is -0.225. The number of rotatable bonds is 2. The highest BCUT2D eigenvalue weighted by Gasteiger charge is 2.18. The highest BCUT2D eigenvalue weighted by Crippen LogP contribution is 2.26. The Hall–Kier alpha value is -1.81. The van der Waals surface area contributed by atoms with Gasteiger partial charge in [0.05, 0.1) is 0 Å². The van der Waals surface area contributed by atoms with Crippen molar-refractivity contribution in [3.05, 3.63) is 58.9 Å². The van der Waals surface area contributed by atoms with Gasteiger partial charge in [0, 0.05) is 29.9 Å². The maximum Gasteiger partial charge on any atom is 0.132 e. The molecule has 0 saturated heterocycles. The molecule has 0 fully saturated rings. The number of aromatic nitrogens is 2. The lowest BCUT2D eigenvalue weighted by Gasteiger charge is -2.21. The Morgan fingerprint density at radius 1 is 1.37 bits per heavy atom. The van der Waals surface area contributed by atoms with Gasteiger partial charge < -0.3 is 5.73 Å². The van der Waals surface area contributed by atoms with E-state index in [4.69, 9.17) is 5.73 Å². The molecule has 3 nitrogen and oxygen atoms in total. The maximum absolute atomic E-state index is 13.1. The maximum atomic E-state index is 13.1. The molecule has 1 aliphatic carbocycles. The second kappa shape index (κ2) is 5.05. The third-order valence-corrected chi connectivity index (χ3v) is 3.53. The van der Waals surface area contributed by atoms with Crippen LogP contribution in [0.15, 0.2) is 30.5 Å². The molecule has 1 atom stereocenters. The standard InChI is InChI=1S/C15H16FN3/c16-11-4-1-3-10(7-11)8-15-18-9-12-13(17)5-2-6-14(12)19-15/h1,3-4,7,9,13H,2,5-6,8,17H2. The lowest BCUT2D eigenvalue weighted by Crippen LogP contribution is -2.19. The van der Waals surface area contributed by atoms with Crippen LogP contribution < -0.4 is 5.73 Å². The molecule has 0 bridgehead atoms. The molecule has 19 heavy (non-hydrogen) atoms. The van der Waals surface area contributed by atoms with Crippen LogP contribution in [0, 0.1) is 5.82 Å². The molecule has 98 valence electrons. The molecule has 2 aromatic rings. The van der Waals surface area contributed by atoms with Gasteiger partial charge in [-0.05, 0) is 37.0 Å². The van der Waals surface area contributed by atoms with E-state index in [1.165, 1.54) is 12.1 Å². The third-order valence-electron chi connectivity index (χ3n) is 3.53. The predicted octanol–water partition coefficient (Wildman–Crippen LogP) is 2.54. The van der Waals surface area contributed by atoms with Crippen LogP contribution in [0.1, 0.15) is 41.5 Å². The number of nitrogens with two attached hydrogens (primary N) is 1. The molecule has 0 amide bonds. The molecule has 1 unspecified atom stereocenters. The summed E-state index contributed by atoms with van der Waals surface area (Å²) in [7, 11) is 0. The summed E-state index contributed by atoms with van der Waals surface area (Å²) in [6.45, 7) is 0. The molecule has 0 saturated carbocycles. The van der Waals surface area contributed by atoms with Crippen LogP contribution in [0.4, 0.5) is 4.39 Å². The zero-order chi connectivity index (χ0) is 13.2. The first kappa shape index (κ1) is 12.2. The second-order valence-corrected chi connectivity index (χ2v) is 4.99. The van der Waals surface area contributed by atoms with Crippen molar-refractivity contribution in [2.24, 2.45) is 5.73 Å². The van der Waals surface area contributed by atoms with Crippen LogP contribution in [0.5, 0.6) is 0 Å². The summed E-state index contributed by atoms with van der Waals surface area (Å²) >= 11 is 0. The molecule has 2 N–H and O–H groups in total. The largest absolute Gasteiger partial charge is 0.324 e. The van der Waals surface area contributed by atoms with Gasteiger partial charge in [0.25, 0.3) is 0 Å². The van der Waals surface area contributed by atoms with Gasteiger partial charge in [0.2, 0.25) is 0 Å². The average Bonchev–Trinajstić information content (AvgIpc) is 2.39. The lowest BCUT2D eigenvalue weighted by atomic mass is 9.93. The van der Waals surface area contributed by atoms with Gasteiger partial charge in [-0.15, -0.1) is 0 Å². The van der Waals surface area contributed by atoms with E-state index < -0.39 is 0 Å². The van der Waals surface area contributed by atoms with Crippen molar-refractivity contribution in [3.63, 3.8) is 0 Å². The molecule has 0 aliphatic heterocycles. The quantitative estimate of drug-likeness (QED) is 0.899. The van der Waals surface area contributed by atoms with Crippen molar-refractivity contribution in [3.8, 4) is 0 Å². The van der Waals surface area contributed by atoms with Gasteiger partial charge in [0.1, 0.15) is 11.6 Å². The van der Waals surface area contributed by atoms with Crippen molar-refractivity contribution < 1.29 is 4.39 Å². The number of halogens is 1. The highest BCUT2D eigenvalue weighted by atomic mass is 19.1. The summed E-state index contributed by atoms with van der Waals surface area (Å²) < 4.78 is 13.1. The Kier molecular flexibility index (Phi) is 3.25. The molecule has 1 aromatic carbocycles. The van der Waals surface area contributed by atoms with Crippen LogP contribution >= 0.6 is 0 Å². The average molecular weight is 257 g/mol. The number of hydrogen-bond acceptors (Lipinski definition) is 3. The molecule has 0 spiro atoms. The first-order valence-electron chi connectivity index (χ1n) is 6.57. The van der Waals surface area contributed by atoms with Crippen molar-refractivity contribution in [1.29, 1.82) is 0 Å². The van der Waals surface area contributed by atoms with Crippen LogP contribution in [0.3, 0.4) is 0 Å². The Bertz CT molecular complexity index is 598. The third kappa shape index (κ3) is 2.63. The van der Waals surface area contributed by atoms with E-state index in [2.05, 4.69) is 9.97 Å². The Morgan fingerprint density at radius 2 is 2.26 bits per heavy atom. The fourth-order valence-electron chi connectivity index (χ4n) is 2.54. The van der Waals surface area contributed by atoms with Gasteiger partial charge in [-0.1, -0.05) is 12.1 Å². The fourth-order valence-corrected chi connectivity index (χ4v) is 2.54. The minimum absolute atomic E-state index is 0.0620. The van der Waals surface area contributed by atoms with E-state index in [1.807, 2.05) is 12.3 Å². The normalized spacial score (nSPS) is 18.1. The van der Waals surface area contributed by atoms with E-state index >= 15 is 0 Å². The van der Waals surface area contributed by atoms with Crippen LogP contribution in [-0.2, 0) is 12.8 Å². The van der Waals surface area contributed by atoms with E-state index in [0.29, 0.717) is 6.42 Å². The molecule has 3 rings (SSSR count). The van der Waals surface area contributed by atoms with Crippen LogP contribution in [0.2, 0.25) is 0 Å². The minimum Gasteiger partial charge on any atom is -0.324 e. The van der Waals surface area contributed by atoms with Crippen LogP contribution in [-0.4, -0.2) is 9.97 Å². The zero-order valence-corrected chi connectivity index (χ0v) is 10.6. The van der Waals surface area contributed by atoms with Gasteiger partial charge in [-0.25, -0.2) is 14.4 Å². The summed E-state index contributed by atoms with van der Waals surface area (Å²) in [5, 5.41) is 0. The Labute approximate surface area is 111 Å². The van der Waals surface area contributed by atoms with Crippen molar-refractivity contribution >= 4 is 0 Å². The van der Waals surface area contributed by atoms with Crippen molar-refractivity contribution in [2.75, 3.05) is 0 Å². The Balaban J connectivity index is 1.86. The van der Waals surface area contributed by atoms with Gasteiger partial charge in [-0.3, -0.25) is 0 Å². The summed E-state index contributed by atoms with van der Waals surface area (Å²) in [6, 6.07) is 6.62. The molecular formula is C15H16FN3. The molecule has 1 aromatic heterocycles. The summed E-state index contributed by atoms with van der Waals surface area (Å²) in [6.07, 6.45) is 5.42. The molecule has 4 heteroatoms. The van der Waals surface area contributed by atoms with Gasteiger partial charge >= 0.3 is 0 Å². The van der Waals surface area contributed by atoms with E-state index in [-0.39, 0.29) is 11.9 Å². The van der Waals surface area contributed by atoms with E-state index in [9.17, 15) is 4.39 Å². The first-order chi connectivity index (χ1) is 9.22. The van der Waals surface area contributed by atoms with Gasteiger partial charge in [-0.2, -0.15) is 0 Å². The topological polar surface area (TPSA) is 51.8 Å². The van der Waals surface area contributed by atoms with Crippen molar-refractivity contribution in [1.82, 2.24) is 9.97 Å². The molecular weight excluding hydrogens is 241 g/mol. The Morgan fingerprint density at radius 3 is 3.11 bits per heavy atom.